The molecule has 15 nitrogen and oxygen atoms in total. The maximum atomic E-state index is 11.4. The van der Waals surface area contributed by atoms with E-state index in [-0.39, 0.29) is 17.1 Å². The molecular formula is C6F18FeN3O12S6-3. The maximum absolute atomic E-state index is 11.4. The molecule has 46 heavy (non-hydrogen) atoms. The summed E-state index contributed by atoms with van der Waals surface area (Å²) in [5, 5.41) is 0. The van der Waals surface area contributed by atoms with Crippen molar-refractivity contribution in [2.24, 2.45) is 0 Å². The molecule has 0 radical (unpaired) electrons. The summed E-state index contributed by atoms with van der Waals surface area (Å²) in [7, 11) is -40.3. The van der Waals surface area contributed by atoms with Crippen LogP contribution in [0.2, 0.25) is 0 Å². The first-order valence-corrected chi connectivity index (χ1v) is 16.4. The van der Waals surface area contributed by atoms with Gasteiger partial charge in [-0.3, -0.25) is 0 Å². The van der Waals surface area contributed by atoms with Crippen LogP contribution in [0.1, 0.15) is 0 Å². The van der Waals surface area contributed by atoms with Crippen LogP contribution in [0.15, 0.2) is 0 Å². The summed E-state index contributed by atoms with van der Waals surface area (Å²) in [4.78, 5) is 0. The molecule has 0 aliphatic rings. The second-order valence-electron chi connectivity index (χ2n) is 5.75. The summed E-state index contributed by atoms with van der Waals surface area (Å²) < 4.78 is 328. The van der Waals surface area contributed by atoms with Gasteiger partial charge in [-0.15, -0.1) is 0 Å². The average molecular weight is 896 g/mol. The molecule has 40 heteroatoms. The fraction of sp³-hybridized carbons (Fsp3) is 1.00. The number of sulfonamides is 6. The van der Waals surface area contributed by atoms with E-state index in [9.17, 15) is 130 Å². The van der Waals surface area contributed by atoms with E-state index in [1.807, 2.05) is 0 Å². The zero-order valence-corrected chi connectivity index (χ0v) is 24.9. The zero-order chi connectivity index (χ0) is 38.1. The van der Waals surface area contributed by atoms with E-state index in [4.69, 9.17) is 0 Å². The molecular weight excluding hydrogens is 896 g/mol. The van der Waals surface area contributed by atoms with Crippen LogP contribution in [0.4, 0.5) is 79.0 Å². The Morgan fingerprint density at radius 1 is 0.239 bits per heavy atom. The first-order chi connectivity index (χ1) is 18.6. The molecule has 0 atom stereocenters. The van der Waals surface area contributed by atoms with Gasteiger partial charge in [-0.25, -0.2) is 50.5 Å². The van der Waals surface area contributed by atoms with E-state index in [0.717, 1.165) is 12.4 Å². The molecule has 0 aliphatic carbocycles. The summed E-state index contributed by atoms with van der Waals surface area (Å²) in [5.74, 6) is 0. The minimum absolute atomic E-state index is 0. The molecule has 0 heterocycles. The first kappa shape index (κ1) is 51.7. The minimum Gasteiger partial charge on any atom is -0.421 e. The van der Waals surface area contributed by atoms with Crippen molar-refractivity contribution < 1.29 is 147 Å². The van der Waals surface area contributed by atoms with Crippen LogP contribution in [-0.2, 0) is 77.2 Å². The second kappa shape index (κ2) is 14.8. The number of hydrogen-bond donors (Lipinski definition) is 0. The van der Waals surface area contributed by atoms with Gasteiger partial charge in [0.2, 0.25) is 0 Å². The third-order valence-corrected chi connectivity index (χ3v) is 10.6. The van der Waals surface area contributed by atoms with Crippen molar-refractivity contribution in [3.63, 3.8) is 0 Å². The van der Waals surface area contributed by atoms with Crippen LogP contribution in [0.25, 0.3) is 12.4 Å². The van der Waals surface area contributed by atoms with Crippen molar-refractivity contribution in [2.45, 2.75) is 33.0 Å². The Kier molecular flexibility index (Phi) is 16.6. The Morgan fingerprint density at radius 3 is 0.348 bits per heavy atom. The average Bonchev–Trinajstić information content (AvgIpc) is 2.61. The molecule has 0 amide bonds. The molecule has 0 spiro atoms. The molecule has 0 saturated carbocycles. The summed E-state index contributed by atoms with van der Waals surface area (Å²) >= 11 is 0. The zero-order valence-electron chi connectivity index (χ0n) is 18.8. The van der Waals surface area contributed by atoms with Crippen molar-refractivity contribution in [2.75, 3.05) is 0 Å². The third kappa shape index (κ3) is 14.9. The van der Waals surface area contributed by atoms with Gasteiger partial charge in [0, 0.05) is 17.1 Å². The van der Waals surface area contributed by atoms with Gasteiger partial charge < -0.3 is 12.4 Å². The van der Waals surface area contributed by atoms with Gasteiger partial charge in [-0.2, -0.15) is 79.0 Å². The van der Waals surface area contributed by atoms with Crippen molar-refractivity contribution in [1.29, 1.82) is 0 Å². The quantitative estimate of drug-likeness (QED) is 0.276. The number of halogens is 18. The van der Waals surface area contributed by atoms with E-state index in [1.54, 1.807) is 0 Å². The first-order valence-electron chi connectivity index (χ1n) is 7.72. The molecule has 0 bridgehead atoms. The number of rotatable bonds is 6. The standard InChI is InChI=1S/3C2F6NO4S2.Fe/c3*3-1(4,5)14(10,11)9-15(12,13)2(6,7)8;/q3*-1;. The molecule has 0 aromatic carbocycles. The fourth-order valence-corrected chi connectivity index (χ4v) is 5.77. The summed E-state index contributed by atoms with van der Waals surface area (Å²) in [5.41, 5.74) is -37.2. The van der Waals surface area contributed by atoms with Gasteiger partial charge in [0.1, 0.15) is 0 Å². The molecule has 0 aliphatic heterocycles. The van der Waals surface area contributed by atoms with Gasteiger partial charge in [-0.1, -0.05) is 0 Å². The molecule has 0 saturated heterocycles. The normalized spacial score (nSPS) is 15.0. The van der Waals surface area contributed by atoms with Gasteiger partial charge in [0.25, 0.3) is 0 Å². The van der Waals surface area contributed by atoms with Gasteiger partial charge in [0.15, 0.2) is 60.1 Å². The molecule has 0 aromatic rings. The molecule has 284 valence electrons. The number of nitrogens with zero attached hydrogens (tertiary/aromatic N) is 3. The fourth-order valence-electron chi connectivity index (χ4n) is 0.641. The molecule has 0 N–H and O–H groups in total. The van der Waals surface area contributed by atoms with E-state index < -0.39 is 93.2 Å². The van der Waals surface area contributed by atoms with Crippen LogP contribution in [-0.4, -0.2) is 83.6 Å². The summed E-state index contributed by atoms with van der Waals surface area (Å²) in [6.07, 6.45) is 0. The Hall–Kier alpha value is -1.16. The molecule has 0 aromatic heterocycles. The maximum Gasteiger partial charge on any atom is 0.480 e. The Bertz CT molecular complexity index is 1370. The van der Waals surface area contributed by atoms with E-state index in [2.05, 4.69) is 0 Å². The number of hydrogen-bond acceptors (Lipinski definition) is 12. The Balaban J connectivity index is -0.000000285. The largest absolute Gasteiger partial charge is 0.480 e. The van der Waals surface area contributed by atoms with Gasteiger partial charge in [0.05, 0.1) is 0 Å². The van der Waals surface area contributed by atoms with Crippen molar-refractivity contribution in [3.8, 4) is 0 Å². The van der Waals surface area contributed by atoms with Crippen LogP contribution in [0, 0.1) is 0 Å². The predicted octanol–water partition coefficient (Wildman–Crippen LogP) is 3.18. The van der Waals surface area contributed by atoms with Crippen molar-refractivity contribution in [1.82, 2.24) is 0 Å². The Morgan fingerprint density at radius 2 is 0.304 bits per heavy atom. The minimum atomic E-state index is -6.72. The van der Waals surface area contributed by atoms with Gasteiger partial charge in [-0.05, 0) is 0 Å². The smallest absolute Gasteiger partial charge is 0.421 e. The third-order valence-electron chi connectivity index (χ3n) is 2.34. The molecule has 0 rings (SSSR count). The summed E-state index contributed by atoms with van der Waals surface area (Å²) in [6.45, 7) is 0. The topological polar surface area (TPSA) is 247 Å². The van der Waals surface area contributed by atoms with Crippen LogP contribution < -0.4 is 0 Å². The molecule has 0 unspecified atom stereocenters. The Labute approximate surface area is 251 Å². The second-order valence-corrected chi connectivity index (χ2v) is 16.0. The van der Waals surface area contributed by atoms with E-state index in [0.29, 0.717) is 0 Å². The predicted molar refractivity (Wildman–Crippen MR) is 99.9 cm³/mol. The van der Waals surface area contributed by atoms with E-state index >= 15 is 0 Å². The number of alkyl halides is 18. The van der Waals surface area contributed by atoms with Crippen LogP contribution in [0.5, 0.6) is 0 Å². The van der Waals surface area contributed by atoms with Crippen LogP contribution in [0.3, 0.4) is 0 Å². The molecule has 0 fully saturated rings. The van der Waals surface area contributed by atoms with Crippen molar-refractivity contribution >= 4 is 60.1 Å². The van der Waals surface area contributed by atoms with Gasteiger partial charge >= 0.3 is 33.0 Å². The monoisotopic (exact) mass is 896 g/mol. The summed E-state index contributed by atoms with van der Waals surface area (Å²) in [6, 6.07) is 0. The SMILES string of the molecule is O=S(=O)([N-]S(=O)(=O)C(F)(F)F)C(F)(F)F.O=S(=O)([N-]S(=O)(=O)C(F)(F)F)C(F)(F)F.O=S(=O)([N-]S(=O)(=O)C(F)(F)F)C(F)(F)F.[Fe]. The van der Waals surface area contributed by atoms with Crippen molar-refractivity contribution in [3.05, 3.63) is 12.4 Å². The van der Waals surface area contributed by atoms with Crippen LogP contribution >= 0.6 is 0 Å². The van der Waals surface area contributed by atoms with E-state index in [1.165, 1.54) is 0 Å².